The molecule has 10 heteroatoms. The van der Waals surface area contributed by atoms with Gasteiger partial charge in [-0.2, -0.15) is 9.57 Å². The van der Waals surface area contributed by atoms with Crippen LogP contribution in [0.4, 0.5) is 10.7 Å². The third-order valence-corrected chi connectivity index (χ3v) is 7.89. The number of hydrogen-bond donors (Lipinski definition) is 2. The minimum atomic E-state index is -3.64. The molecule has 1 fully saturated rings. The number of nitrogens with zero attached hydrogens (tertiary/aromatic N) is 2. The van der Waals surface area contributed by atoms with Crippen molar-refractivity contribution >= 4 is 38.0 Å². The molecule has 0 radical (unpaired) electrons. The number of hydrogen-bond acceptors (Lipinski definition) is 7. The van der Waals surface area contributed by atoms with Crippen molar-refractivity contribution in [1.82, 2.24) is 4.31 Å². The van der Waals surface area contributed by atoms with Gasteiger partial charge in [-0.1, -0.05) is 12.8 Å². The minimum Gasteiger partial charge on any atom is -0.495 e. The summed E-state index contributed by atoms with van der Waals surface area (Å²) in [6.07, 6.45) is 3.77. The first-order valence-electron chi connectivity index (χ1n) is 10.1. The largest absolute Gasteiger partial charge is 0.495 e. The molecule has 0 unspecified atom stereocenters. The Balaban J connectivity index is 1.80. The predicted octanol–water partition coefficient (Wildman–Crippen LogP) is 3.63. The Labute approximate surface area is 186 Å². The van der Waals surface area contributed by atoms with Crippen molar-refractivity contribution in [3.63, 3.8) is 0 Å². The molecule has 1 aromatic heterocycles. The van der Waals surface area contributed by atoms with E-state index in [2.05, 4.69) is 10.6 Å². The summed E-state index contributed by atoms with van der Waals surface area (Å²) in [5, 5.41) is 17.1. The number of carbonyl (C=O) groups is 1. The fourth-order valence-electron chi connectivity index (χ4n) is 3.40. The van der Waals surface area contributed by atoms with E-state index in [0.717, 1.165) is 25.7 Å². The SMILES string of the molecule is COc1ccc(S(=O)(=O)N2CCCCCC2)cc1N[C@@H](C)C(=O)Nc1sccc1C#N. The highest BCUT2D eigenvalue weighted by atomic mass is 32.2. The number of methoxy groups -OCH3 is 1. The van der Waals surface area contributed by atoms with E-state index in [9.17, 15) is 13.2 Å². The fourth-order valence-corrected chi connectivity index (χ4v) is 5.69. The molecule has 2 aromatic rings. The second kappa shape index (κ2) is 10.1. The van der Waals surface area contributed by atoms with Crippen LogP contribution in [0, 0.1) is 11.3 Å². The summed E-state index contributed by atoms with van der Waals surface area (Å²) in [6, 6.07) is 7.60. The van der Waals surface area contributed by atoms with Crippen molar-refractivity contribution in [3.8, 4) is 11.8 Å². The van der Waals surface area contributed by atoms with Crippen LogP contribution in [0.1, 0.15) is 38.2 Å². The number of benzene rings is 1. The third kappa shape index (κ3) is 5.36. The molecule has 2 N–H and O–H groups in total. The maximum atomic E-state index is 13.1. The Morgan fingerprint density at radius 1 is 1.23 bits per heavy atom. The van der Waals surface area contributed by atoms with Crippen LogP contribution in [0.5, 0.6) is 5.75 Å². The highest BCUT2D eigenvalue weighted by Crippen LogP contribution is 2.30. The first kappa shape index (κ1) is 23.1. The second-order valence-corrected chi connectivity index (χ2v) is 10.2. The van der Waals surface area contributed by atoms with Gasteiger partial charge in [-0.25, -0.2) is 8.42 Å². The number of rotatable bonds is 7. The van der Waals surface area contributed by atoms with E-state index in [1.165, 1.54) is 34.9 Å². The van der Waals surface area contributed by atoms with E-state index in [1.807, 2.05) is 6.07 Å². The second-order valence-electron chi connectivity index (χ2n) is 7.31. The molecular formula is C21H26N4O4S2. The van der Waals surface area contributed by atoms with Crippen LogP contribution in [-0.2, 0) is 14.8 Å². The molecular weight excluding hydrogens is 436 g/mol. The maximum Gasteiger partial charge on any atom is 0.247 e. The number of amides is 1. The van der Waals surface area contributed by atoms with Gasteiger partial charge in [0.25, 0.3) is 0 Å². The molecule has 3 rings (SSSR count). The Hall–Kier alpha value is -2.61. The summed E-state index contributed by atoms with van der Waals surface area (Å²) >= 11 is 1.27. The van der Waals surface area contributed by atoms with Crippen LogP contribution < -0.4 is 15.4 Å². The van der Waals surface area contributed by atoms with Crippen LogP contribution in [0.3, 0.4) is 0 Å². The lowest BCUT2D eigenvalue weighted by atomic mass is 10.2. The van der Waals surface area contributed by atoms with Gasteiger partial charge in [-0.15, -0.1) is 11.3 Å². The van der Waals surface area contributed by atoms with Crippen LogP contribution in [0.25, 0.3) is 0 Å². The van der Waals surface area contributed by atoms with Crippen molar-refractivity contribution in [2.45, 2.75) is 43.5 Å². The van der Waals surface area contributed by atoms with Gasteiger partial charge in [0, 0.05) is 13.1 Å². The zero-order valence-corrected chi connectivity index (χ0v) is 19.2. The van der Waals surface area contributed by atoms with Gasteiger partial charge in [0.2, 0.25) is 15.9 Å². The first-order chi connectivity index (χ1) is 14.9. The van der Waals surface area contributed by atoms with E-state index < -0.39 is 16.1 Å². The van der Waals surface area contributed by atoms with Crippen LogP contribution >= 0.6 is 11.3 Å². The molecule has 31 heavy (non-hydrogen) atoms. The standard InChI is InChI=1S/C21H26N4O4S2/c1-15(20(26)24-21-16(14-22)9-12-30-21)23-18-13-17(7-8-19(18)29-2)31(27,28)25-10-5-3-4-6-11-25/h7-9,12-13,15,23H,3-6,10-11H2,1-2H3,(H,24,26)/t15-/m0/s1. The number of sulfonamides is 1. The zero-order chi connectivity index (χ0) is 22.4. The third-order valence-electron chi connectivity index (χ3n) is 5.16. The fraction of sp³-hybridized carbons (Fsp3) is 0.429. The molecule has 0 aliphatic carbocycles. The first-order valence-corrected chi connectivity index (χ1v) is 12.4. The molecule has 1 aliphatic rings. The molecule has 1 aromatic carbocycles. The molecule has 1 amide bonds. The van der Waals surface area contributed by atoms with Crippen molar-refractivity contribution in [3.05, 3.63) is 35.2 Å². The van der Waals surface area contributed by atoms with Crippen molar-refractivity contribution < 1.29 is 17.9 Å². The van der Waals surface area contributed by atoms with E-state index in [4.69, 9.17) is 10.00 Å². The normalized spacial score (nSPS) is 16.0. The maximum absolute atomic E-state index is 13.1. The minimum absolute atomic E-state index is 0.162. The van der Waals surface area contributed by atoms with Gasteiger partial charge >= 0.3 is 0 Å². The number of anilines is 2. The van der Waals surface area contributed by atoms with Crippen molar-refractivity contribution in [2.24, 2.45) is 0 Å². The van der Waals surface area contributed by atoms with E-state index in [1.54, 1.807) is 24.4 Å². The van der Waals surface area contributed by atoms with E-state index in [-0.39, 0.29) is 10.8 Å². The van der Waals surface area contributed by atoms with E-state index in [0.29, 0.717) is 35.1 Å². The molecule has 1 atom stereocenters. The van der Waals surface area contributed by atoms with Gasteiger partial charge in [-0.05, 0) is 49.4 Å². The Morgan fingerprint density at radius 3 is 2.58 bits per heavy atom. The lowest BCUT2D eigenvalue weighted by molar-refractivity contribution is -0.116. The summed E-state index contributed by atoms with van der Waals surface area (Å²) < 4.78 is 33.2. The Bertz CT molecular complexity index is 1070. The highest BCUT2D eigenvalue weighted by molar-refractivity contribution is 7.89. The van der Waals surface area contributed by atoms with Gasteiger partial charge in [0.1, 0.15) is 22.9 Å². The number of nitrogens with one attached hydrogen (secondary N) is 2. The molecule has 1 aliphatic heterocycles. The Kier molecular flexibility index (Phi) is 7.54. The number of nitriles is 1. The molecule has 0 saturated carbocycles. The molecule has 0 spiro atoms. The van der Waals surface area contributed by atoms with Gasteiger partial charge in [0.05, 0.1) is 23.3 Å². The van der Waals surface area contributed by atoms with E-state index >= 15 is 0 Å². The van der Waals surface area contributed by atoms with Crippen molar-refractivity contribution in [1.29, 1.82) is 5.26 Å². The highest BCUT2D eigenvalue weighted by Gasteiger charge is 2.26. The number of carbonyl (C=O) groups excluding carboxylic acids is 1. The lowest BCUT2D eigenvalue weighted by Crippen LogP contribution is -2.33. The summed E-state index contributed by atoms with van der Waals surface area (Å²) in [5.74, 6) is 0.0880. The zero-order valence-electron chi connectivity index (χ0n) is 17.6. The number of thiophene rings is 1. The topological polar surface area (TPSA) is 112 Å². The molecule has 1 saturated heterocycles. The van der Waals surface area contributed by atoms with Crippen LogP contribution in [0.15, 0.2) is 34.5 Å². The van der Waals surface area contributed by atoms with Crippen molar-refractivity contribution in [2.75, 3.05) is 30.8 Å². The lowest BCUT2D eigenvalue weighted by Gasteiger charge is -2.22. The predicted molar refractivity (Wildman–Crippen MR) is 121 cm³/mol. The van der Waals surface area contributed by atoms with Gasteiger partial charge < -0.3 is 15.4 Å². The smallest absolute Gasteiger partial charge is 0.247 e. The molecule has 2 heterocycles. The summed E-state index contributed by atoms with van der Waals surface area (Å²) in [6.45, 7) is 2.68. The van der Waals surface area contributed by atoms with Gasteiger partial charge in [0.15, 0.2) is 0 Å². The number of ether oxygens (including phenoxy) is 1. The summed E-state index contributed by atoms with van der Waals surface area (Å²) in [4.78, 5) is 12.8. The average molecular weight is 463 g/mol. The average Bonchev–Trinajstić information content (AvgIpc) is 3.02. The van der Waals surface area contributed by atoms with Crippen LogP contribution in [0.2, 0.25) is 0 Å². The summed E-state index contributed by atoms with van der Waals surface area (Å²) in [5.41, 5.74) is 0.807. The Morgan fingerprint density at radius 2 is 1.94 bits per heavy atom. The molecule has 0 bridgehead atoms. The monoisotopic (exact) mass is 462 g/mol. The molecule has 166 valence electrons. The summed E-state index contributed by atoms with van der Waals surface area (Å²) in [7, 11) is -2.15. The van der Waals surface area contributed by atoms with Crippen LogP contribution in [-0.4, -0.2) is 44.9 Å². The van der Waals surface area contributed by atoms with Gasteiger partial charge in [-0.3, -0.25) is 4.79 Å². The quantitative estimate of drug-likeness (QED) is 0.650. The molecule has 8 nitrogen and oxygen atoms in total.